The van der Waals surface area contributed by atoms with Gasteiger partial charge in [-0.05, 0) is 72.6 Å². The van der Waals surface area contributed by atoms with Gasteiger partial charge in [-0.2, -0.15) is 0 Å². The van der Waals surface area contributed by atoms with Crippen molar-refractivity contribution >= 4 is 17.3 Å². The third kappa shape index (κ3) is 6.04. The maximum atomic E-state index is 12.4. The zero-order valence-electron chi connectivity index (χ0n) is 24.2. The van der Waals surface area contributed by atoms with E-state index in [1.54, 1.807) is 7.11 Å². The van der Waals surface area contributed by atoms with Crippen LogP contribution in [0.3, 0.4) is 0 Å². The smallest absolute Gasteiger partial charge is 0.412 e. The molecule has 0 bridgehead atoms. The fourth-order valence-electron chi connectivity index (χ4n) is 5.95. The number of piperazine rings is 1. The number of fused-ring (bicyclic) bond motifs is 1. The SMILES string of the molecule is COc1cc(-c2nc([C@H]3CC[C@H](N4CCN(C)CC4)CC3)n3ccnc(C)c23)ccc1NC(=O)OC(C)(C)C. The van der Waals surface area contributed by atoms with E-state index < -0.39 is 11.7 Å². The van der Waals surface area contributed by atoms with E-state index in [0.717, 1.165) is 54.2 Å². The summed E-state index contributed by atoms with van der Waals surface area (Å²) in [5.74, 6) is 2.07. The number of methoxy groups -OCH3 is 1. The molecule has 0 radical (unpaired) electrons. The van der Waals surface area contributed by atoms with Crippen LogP contribution in [0.25, 0.3) is 16.8 Å². The molecule has 210 valence electrons. The van der Waals surface area contributed by atoms with E-state index >= 15 is 0 Å². The number of amides is 1. The number of carbonyl (C=O) groups is 1. The lowest BCUT2D eigenvalue weighted by atomic mass is 9.84. The molecule has 1 aromatic carbocycles. The minimum absolute atomic E-state index is 0.409. The summed E-state index contributed by atoms with van der Waals surface area (Å²) in [6.45, 7) is 12.2. The van der Waals surface area contributed by atoms with Gasteiger partial charge in [0.2, 0.25) is 0 Å². The normalized spacial score (nSPS) is 21.2. The molecule has 1 aliphatic heterocycles. The van der Waals surface area contributed by atoms with E-state index in [-0.39, 0.29) is 0 Å². The Bertz CT molecular complexity index is 1310. The van der Waals surface area contributed by atoms with Crippen LogP contribution in [0.5, 0.6) is 5.75 Å². The number of anilines is 1. The maximum absolute atomic E-state index is 12.4. The van der Waals surface area contributed by atoms with E-state index in [1.807, 2.05) is 58.3 Å². The van der Waals surface area contributed by atoms with Crippen LogP contribution in [0.1, 0.15) is 63.9 Å². The minimum Gasteiger partial charge on any atom is -0.495 e. The quantitative estimate of drug-likeness (QED) is 0.473. The number of nitrogens with one attached hydrogen (secondary N) is 1. The number of hydrogen-bond donors (Lipinski definition) is 1. The lowest BCUT2D eigenvalue weighted by molar-refractivity contribution is 0.0635. The summed E-state index contributed by atoms with van der Waals surface area (Å²) in [6.07, 6.45) is 8.08. The monoisotopic (exact) mass is 534 g/mol. The molecule has 2 aliphatic rings. The van der Waals surface area contributed by atoms with Crippen LogP contribution in [0, 0.1) is 6.92 Å². The minimum atomic E-state index is -0.586. The maximum Gasteiger partial charge on any atom is 0.412 e. The summed E-state index contributed by atoms with van der Waals surface area (Å²) in [6, 6.07) is 6.42. The zero-order chi connectivity index (χ0) is 27.7. The highest BCUT2D eigenvalue weighted by molar-refractivity contribution is 5.89. The van der Waals surface area contributed by atoms with Gasteiger partial charge in [0.05, 0.1) is 29.7 Å². The van der Waals surface area contributed by atoms with Crippen LogP contribution in [0.15, 0.2) is 30.6 Å². The number of likely N-dealkylation sites (N-methyl/N-ethyl adjacent to an activating group) is 1. The summed E-state index contributed by atoms with van der Waals surface area (Å²) >= 11 is 0. The molecule has 1 N–H and O–H groups in total. The van der Waals surface area contributed by atoms with E-state index in [1.165, 1.54) is 25.9 Å². The van der Waals surface area contributed by atoms with Gasteiger partial charge in [-0.3, -0.25) is 19.6 Å². The largest absolute Gasteiger partial charge is 0.495 e. The first kappa shape index (κ1) is 27.4. The number of ether oxygens (including phenoxy) is 2. The Labute approximate surface area is 231 Å². The highest BCUT2D eigenvalue weighted by Gasteiger charge is 2.31. The molecule has 0 spiro atoms. The molecule has 1 saturated carbocycles. The standard InChI is InChI=1S/C30H42N6O3/c1-20-27-26(22-9-12-24(25(19-22)38-6)32-29(37)39-30(2,3)4)33-28(36(27)14-13-31-20)21-7-10-23(11-8-21)35-17-15-34(5)16-18-35/h9,12-14,19,21,23H,7-8,10-11,15-18H2,1-6H3,(H,32,37)/t21-,23-. The summed E-state index contributed by atoms with van der Waals surface area (Å²) in [7, 11) is 3.81. The van der Waals surface area contributed by atoms with Gasteiger partial charge < -0.3 is 14.4 Å². The predicted molar refractivity (Wildman–Crippen MR) is 154 cm³/mol. The molecule has 0 unspecified atom stereocenters. The van der Waals surface area contributed by atoms with Gasteiger partial charge in [0.1, 0.15) is 17.2 Å². The number of aryl methyl sites for hydroxylation is 1. The lowest BCUT2D eigenvalue weighted by Crippen LogP contribution is -2.49. The van der Waals surface area contributed by atoms with E-state index in [4.69, 9.17) is 14.5 Å². The number of carbonyl (C=O) groups excluding carboxylic acids is 1. The number of hydrogen-bond acceptors (Lipinski definition) is 7. The molecule has 2 aromatic heterocycles. The highest BCUT2D eigenvalue weighted by atomic mass is 16.6. The highest BCUT2D eigenvalue weighted by Crippen LogP contribution is 2.39. The summed E-state index contributed by atoms with van der Waals surface area (Å²) < 4.78 is 13.3. The number of benzene rings is 1. The molecule has 5 rings (SSSR count). The van der Waals surface area contributed by atoms with Crippen molar-refractivity contribution in [1.29, 1.82) is 0 Å². The molecule has 3 heterocycles. The topological polar surface area (TPSA) is 84.2 Å². The molecule has 1 amide bonds. The Morgan fingerprint density at radius 1 is 1.08 bits per heavy atom. The first-order valence-corrected chi connectivity index (χ1v) is 14.1. The van der Waals surface area contributed by atoms with Crippen molar-refractivity contribution in [1.82, 2.24) is 24.2 Å². The van der Waals surface area contributed by atoms with Crippen LogP contribution >= 0.6 is 0 Å². The van der Waals surface area contributed by atoms with Gasteiger partial charge in [-0.15, -0.1) is 0 Å². The van der Waals surface area contributed by atoms with Crippen molar-refractivity contribution in [3.63, 3.8) is 0 Å². The second-order valence-corrected chi connectivity index (χ2v) is 11.9. The third-order valence-electron chi connectivity index (χ3n) is 7.99. The van der Waals surface area contributed by atoms with E-state index in [9.17, 15) is 4.79 Å². The van der Waals surface area contributed by atoms with Crippen LogP contribution < -0.4 is 10.1 Å². The Balaban J connectivity index is 1.40. The molecule has 2 fully saturated rings. The van der Waals surface area contributed by atoms with Crippen molar-refractivity contribution in [2.75, 3.05) is 45.7 Å². The van der Waals surface area contributed by atoms with Crippen LogP contribution in [-0.4, -0.2) is 82.2 Å². The second kappa shape index (κ2) is 11.1. The Morgan fingerprint density at radius 2 is 1.79 bits per heavy atom. The van der Waals surface area contributed by atoms with Crippen molar-refractivity contribution in [2.24, 2.45) is 0 Å². The number of imidazole rings is 1. The zero-order valence-corrected chi connectivity index (χ0v) is 24.2. The molecule has 3 aromatic rings. The van der Waals surface area contributed by atoms with Crippen molar-refractivity contribution in [3.8, 4) is 17.0 Å². The molecule has 9 nitrogen and oxygen atoms in total. The van der Waals surface area contributed by atoms with Crippen molar-refractivity contribution < 1.29 is 14.3 Å². The molecule has 1 saturated heterocycles. The molecule has 9 heteroatoms. The van der Waals surface area contributed by atoms with Crippen LogP contribution in [0.2, 0.25) is 0 Å². The van der Waals surface area contributed by atoms with Gasteiger partial charge in [-0.1, -0.05) is 6.07 Å². The summed E-state index contributed by atoms with van der Waals surface area (Å²) in [5.41, 5.74) is 3.73. The number of nitrogens with zero attached hydrogens (tertiary/aromatic N) is 5. The number of aromatic nitrogens is 3. The summed E-state index contributed by atoms with van der Waals surface area (Å²) in [4.78, 5) is 27.3. The van der Waals surface area contributed by atoms with Gasteiger partial charge in [-0.25, -0.2) is 9.78 Å². The average molecular weight is 535 g/mol. The fraction of sp³-hybridized carbons (Fsp3) is 0.567. The van der Waals surface area contributed by atoms with Crippen LogP contribution in [-0.2, 0) is 4.74 Å². The van der Waals surface area contributed by atoms with Crippen molar-refractivity contribution in [2.45, 2.75) is 70.9 Å². The van der Waals surface area contributed by atoms with E-state index in [2.05, 4.69) is 31.5 Å². The molecular weight excluding hydrogens is 492 g/mol. The third-order valence-corrected chi connectivity index (χ3v) is 7.99. The average Bonchev–Trinajstić information content (AvgIpc) is 3.29. The molecule has 0 atom stereocenters. The number of rotatable bonds is 5. The Hall–Kier alpha value is -3.17. The van der Waals surface area contributed by atoms with Gasteiger partial charge in [0.25, 0.3) is 0 Å². The Morgan fingerprint density at radius 3 is 2.46 bits per heavy atom. The molecular formula is C30H42N6O3. The fourth-order valence-corrected chi connectivity index (χ4v) is 5.95. The van der Waals surface area contributed by atoms with Gasteiger partial charge >= 0.3 is 6.09 Å². The van der Waals surface area contributed by atoms with Gasteiger partial charge in [0.15, 0.2) is 0 Å². The van der Waals surface area contributed by atoms with Crippen LogP contribution in [0.4, 0.5) is 10.5 Å². The first-order valence-electron chi connectivity index (χ1n) is 14.1. The second-order valence-electron chi connectivity index (χ2n) is 11.9. The van der Waals surface area contributed by atoms with Gasteiger partial charge in [0, 0.05) is 56.1 Å². The molecule has 1 aliphatic carbocycles. The van der Waals surface area contributed by atoms with E-state index in [0.29, 0.717) is 23.4 Å². The van der Waals surface area contributed by atoms with Crippen molar-refractivity contribution in [3.05, 3.63) is 42.1 Å². The lowest BCUT2D eigenvalue weighted by Gasteiger charge is -2.41. The summed E-state index contributed by atoms with van der Waals surface area (Å²) in [5, 5.41) is 2.80. The first-order chi connectivity index (χ1) is 18.6. The molecule has 39 heavy (non-hydrogen) atoms. The Kier molecular flexibility index (Phi) is 7.82. The predicted octanol–water partition coefficient (Wildman–Crippen LogP) is 5.33.